The number of hydrogen-bond donors (Lipinski definition) is 1. The zero-order chi connectivity index (χ0) is 12.2. The molecule has 88 valence electrons. The largest absolute Gasteiger partial charge is 0.268 e. The van der Waals surface area contributed by atoms with Crippen LogP contribution in [0.25, 0.3) is 0 Å². The van der Waals surface area contributed by atoms with Crippen LogP contribution in [0, 0.1) is 0 Å². The lowest BCUT2D eigenvalue weighted by Crippen LogP contribution is -2.36. The molecule has 4 nitrogen and oxygen atoms in total. The number of sulfonamides is 1. The number of carbonyl (C=O) groups excluding carboxylic acids is 1. The minimum absolute atomic E-state index is 0.342. The van der Waals surface area contributed by atoms with Crippen molar-refractivity contribution in [3.63, 3.8) is 0 Å². The van der Waals surface area contributed by atoms with Crippen LogP contribution in [-0.2, 0) is 10.0 Å². The van der Waals surface area contributed by atoms with E-state index in [0.29, 0.717) is 12.0 Å². The molecule has 5 heteroatoms. The van der Waals surface area contributed by atoms with Gasteiger partial charge in [0, 0.05) is 5.56 Å². The second kappa shape index (κ2) is 5.12. The molecule has 0 aromatic heterocycles. The molecule has 1 aromatic rings. The zero-order valence-electron chi connectivity index (χ0n) is 9.30. The van der Waals surface area contributed by atoms with Gasteiger partial charge in [-0.05, 0) is 25.5 Å². The molecule has 0 unspecified atom stereocenters. The van der Waals surface area contributed by atoms with Gasteiger partial charge in [0.05, 0.1) is 5.25 Å². The highest BCUT2D eigenvalue weighted by Gasteiger charge is 2.21. The lowest BCUT2D eigenvalue weighted by atomic mass is 10.2. The molecule has 0 aliphatic carbocycles. The summed E-state index contributed by atoms with van der Waals surface area (Å²) < 4.78 is 25.3. The van der Waals surface area contributed by atoms with Crippen LogP contribution in [0.2, 0.25) is 0 Å². The zero-order valence-corrected chi connectivity index (χ0v) is 10.1. The molecule has 0 saturated carbocycles. The minimum Gasteiger partial charge on any atom is -0.268 e. The Hall–Kier alpha value is -1.36. The number of amides is 1. The van der Waals surface area contributed by atoms with E-state index in [0.717, 1.165) is 0 Å². The second-order valence-electron chi connectivity index (χ2n) is 3.56. The van der Waals surface area contributed by atoms with Gasteiger partial charge in [0.15, 0.2) is 0 Å². The van der Waals surface area contributed by atoms with Gasteiger partial charge in [-0.3, -0.25) is 4.79 Å². The number of benzene rings is 1. The lowest BCUT2D eigenvalue weighted by Gasteiger charge is -2.11. The van der Waals surface area contributed by atoms with Gasteiger partial charge in [-0.2, -0.15) is 0 Å². The fraction of sp³-hybridized carbons (Fsp3) is 0.364. The SMILES string of the molecule is CC[C@@H](C)S(=O)(=O)NC(=O)c1ccccc1. The van der Waals surface area contributed by atoms with Gasteiger partial charge >= 0.3 is 0 Å². The first kappa shape index (κ1) is 12.7. The molecule has 1 aromatic carbocycles. The van der Waals surface area contributed by atoms with Gasteiger partial charge in [0.2, 0.25) is 10.0 Å². The summed E-state index contributed by atoms with van der Waals surface area (Å²) in [6.45, 7) is 3.33. The standard InChI is InChI=1S/C11H15NO3S/c1-3-9(2)16(14,15)12-11(13)10-7-5-4-6-8-10/h4-9H,3H2,1-2H3,(H,12,13)/t9-/m1/s1. The molecule has 0 heterocycles. The fourth-order valence-electron chi connectivity index (χ4n) is 1.10. The maximum Gasteiger partial charge on any atom is 0.264 e. The van der Waals surface area contributed by atoms with Crippen LogP contribution in [-0.4, -0.2) is 19.6 Å². The Morgan fingerprint density at radius 2 is 1.88 bits per heavy atom. The molecule has 0 spiro atoms. The van der Waals surface area contributed by atoms with Gasteiger partial charge in [-0.25, -0.2) is 13.1 Å². The van der Waals surface area contributed by atoms with E-state index in [1.807, 2.05) is 0 Å². The fourth-order valence-corrected chi connectivity index (χ4v) is 2.11. The summed E-state index contributed by atoms with van der Waals surface area (Å²) in [4.78, 5) is 11.6. The van der Waals surface area contributed by atoms with Crippen molar-refractivity contribution in [2.24, 2.45) is 0 Å². The maximum atomic E-state index is 11.6. The topological polar surface area (TPSA) is 63.2 Å². The summed E-state index contributed by atoms with van der Waals surface area (Å²) in [7, 11) is -3.56. The Labute approximate surface area is 95.7 Å². The van der Waals surface area contributed by atoms with E-state index in [9.17, 15) is 13.2 Å². The first-order chi connectivity index (χ1) is 7.47. The third-order valence-electron chi connectivity index (χ3n) is 2.38. The van der Waals surface area contributed by atoms with Crippen molar-refractivity contribution in [1.82, 2.24) is 4.72 Å². The van der Waals surface area contributed by atoms with E-state index >= 15 is 0 Å². The highest BCUT2D eigenvalue weighted by atomic mass is 32.2. The second-order valence-corrected chi connectivity index (χ2v) is 5.66. The lowest BCUT2D eigenvalue weighted by molar-refractivity contribution is 0.0981. The smallest absolute Gasteiger partial charge is 0.264 e. The van der Waals surface area contributed by atoms with Crippen molar-refractivity contribution in [3.05, 3.63) is 35.9 Å². The van der Waals surface area contributed by atoms with Crippen molar-refractivity contribution in [2.45, 2.75) is 25.5 Å². The van der Waals surface area contributed by atoms with Crippen molar-refractivity contribution in [3.8, 4) is 0 Å². The van der Waals surface area contributed by atoms with Gasteiger partial charge in [0.1, 0.15) is 0 Å². The Kier molecular flexibility index (Phi) is 4.06. The monoisotopic (exact) mass is 241 g/mol. The average Bonchev–Trinajstić information content (AvgIpc) is 2.28. The van der Waals surface area contributed by atoms with Gasteiger partial charge in [-0.1, -0.05) is 25.1 Å². The van der Waals surface area contributed by atoms with E-state index in [1.165, 1.54) is 0 Å². The van der Waals surface area contributed by atoms with E-state index in [2.05, 4.69) is 4.72 Å². The summed E-state index contributed by atoms with van der Waals surface area (Å²) in [5.74, 6) is -0.583. The molecule has 0 radical (unpaired) electrons. The van der Waals surface area contributed by atoms with Crippen LogP contribution in [0.1, 0.15) is 30.6 Å². The van der Waals surface area contributed by atoms with Gasteiger partial charge < -0.3 is 0 Å². The Morgan fingerprint density at radius 1 is 1.31 bits per heavy atom. The van der Waals surface area contributed by atoms with E-state index in [4.69, 9.17) is 0 Å². The molecule has 0 aliphatic heterocycles. The van der Waals surface area contributed by atoms with Crippen molar-refractivity contribution in [1.29, 1.82) is 0 Å². The van der Waals surface area contributed by atoms with E-state index < -0.39 is 21.2 Å². The summed E-state index contributed by atoms with van der Waals surface area (Å²) in [6, 6.07) is 8.28. The van der Waals surface area contributed by atoms with Crippen molar-refractivity contribution in [2.75, 3.05) is 0 Å². The van der Waals surface area contributed by atoms with E-state index in [-0.39, 0.29) is 0 Å². The molecule has 0 fully saturated rings. The maximum absolute atomic E-state index is 11.6. The van der Waals surface area contributed by atoms with E-state index in [1.54, 1.807) is 44.2 Å². The van der Waals surface area contributed by atoms with Crippen LogP contribution in [0.3, 0.4) is 0 Å². The Balaban J connectivity index is 2.80. The summed E-state index contributed by atoms with van der Waals surface area (Å²) in [6.07, 6.45) is 0.470. The van der Waals surface area contributed by atoms with Crippen LogP contribution in [0.5, 0.6) is 0 Å². The molecule has 1 rings (SSSR count). The molecule has 1 atom stereocenters. The third kappa shape index (κ3) is 3.06. The highest BCUT2D eigenvalue weighted by molar-refractivity contribution is 7.90. The number of nitrogens with one attached hydrogen (secondary N) is 1. The predicted molar refractivity (Wildman–Crippen MR) is 62.6 cm³/mol. The molecule has 0 saturated heterocycles. The Morgan fingerprint density at radius 3 is 2.38 bits per heavy atom. The molecule has 1 N–H and O–H groups in total. The third-order valence-corrected chi connectivity index (χ3v) is 4.24. The predicted octanol–water partition coefficient (Wildman–Crippen LogP) is 1.54. The number of rotatable bonds is 4. The number of carbonyl (C=O) groups is 1. The van der Waals surface area contributed by atoms with Crippen molar-refractivity contribution < 1.29 is 13.2 Å². The van der Waals surface area contributed by atoms with Crippen LogP contribution in [0.4, 0.5) is 0 Å². The summed E-state index contributed by atoms with van der Waals surface area (Å²) >= 11 is 0. The van der Waals surface area contributed by atoms with Crippen LogP contribution >= 0.6 is 0 Å². The molecule has 1 amide bonds. The molecule has 16 heavy (non-hydrogen) atoms. The first-order valence-electron chi connectivity index (χ1n) is 5.08. The Bertz CT molecular complexity index is 453. The molecule has 0 bridgehead atoms. The van der Waals surface area contributed by atoms with Crippen LogP contribution in [0.15, 0.2) is 30.3 Å². The minimum atomic E-state index is -3.56. The molecule has 0 aliphatic rings. The van der Waals surface area contributed by atoms with Gasteiger partial charge in [-0.15, -0.1) is 0 Å². The van der Waals surface area contributed by atoms with Gasteiger partial charge in [0.25, 0.3) is 5.91 Å². The number of hydrogen-bond acceptors (Lipinski definition) is 3. The van der Waals surface area contributed by atoms with Crippen LogP contribution < -0.4 is 4.72 Å². The average molecular weight is 241 g/mol. The quantitative estimate of drug-likeness (QED) is 0.869. The normalized spacial score (nSPS) is 13.1. The molecular formula is C11H15NO3S. The molecular weight excluding hydrogens is 226 g/mol. The summed E-state index contributed by atoms with van der Waals surface area (Å²) in [5.41, 5.74) is 0.342. The van der Waals surface area contributed by atoms with Crippen molar-refractivity contribution >= 4 is 15.9 Å². The first-order valence-corrected chi connectivity index (χ1v) is 6.63. The highest BCUT2D eigenvalue weighted by Crippen LogP contribution is 2.05. The summed E-state index contributed by atoms with van der Waals surface area (Å²) in [5, 5.41) is -0.569.